The second-order valence-corrected chi connectivity index (χ2v) is 6.08. The fourth-order valence-corrected chi connectivity index (χ4v) is 2.72. The van der Waals surface area contributed by atoms with Gasteiger partial charge >= 0.3 is 0 Å². The molecule has 0 fully saturated rings. The predicted octanol–water partition coefficient (Wildman–Crippen LogP) is 4.46. The average molecular weight is 363 g/mol. The lowest BCUT2D eigenvalue weighted by molar-refractivity contribution is -0.114. The molecule has 0 atom stereocenters. The molecule has 4 nitrogen and oxygen atoms in total. The minimum absolute atomic E-state index is 0.127. The van der Waals surface area contributed by atoms with E-state index in [1.54, 1.807) is 12.1 Å². The molecule has 26 heavy (non-hydrogen) atoms. The highest BCUT2D eigenvalue weighted by molar-refractivity contribution is 6.30. The summed E-state index contributed by atoms with van der Waals surface area (Å²) in [6.07, 6.45) is 1.47. The number of halogens is 1. The molecular weight excluding hydrogens is 348 g/mol. The molecule has 0 spiro atoms. The number of fused-ring (bicyclic) bond motifs is 1. The largest absolute Gasteiger partial charge is 0.488 e. The summed E-state index contributed by atoms with van der Waals surface area (Å²) in [5.41, 5.74) is 6.76. The van der Waals surface area contributed by atoms with Gasteiger partial charge in [0.25, 0.3) is 5.91 Å². The zero-order valence-corrected chi connectivity index (χ0v) is 14.5. The van der Waals surface area contributed by atoms with E-state index in [-0.39, 0.29) is 5.57 Å². The maximum absolute atomic E-state index is 11.5. The van der Waals surface area contributed by atoms with Crippen LogP contribution >= 0.6 is 11.6 Å². The van der Waals surface area contributed by atoms with Crippen molar-refractivity contribution in [1.82, 2.24) is 0 Å². The van der Waals surface area contributed by atoms with Gasteiger partial charge in [0.2, 0.25) is 0 Å². The zero-order chi connectivity index (χ0) is 18.5. The van der Waals surface area contributed by atoms with Gasteiger partial charge in [-0.15, -0.1) is 0 Å². The Kier molecular flexibility index (Phi) is 5.21. The molecule has 1 amide bonds. The summed E-state index contributed by atoms with van der Waals surface area (Å²) in [5, 5.41) is 11.7. The Balaban J connectivity index is 2.04. The third-order valence-electron chi connectivity index (χ3n) is 3.91. The molecule has 0 radical (unpaired) electrons. The van der Waals surface area contributed by atoms with E-state index in [1.807, 2.05) is 54.6 Å². The summed E-state index contributed by atoms with van der Waals surface area (Å²) in [6, 6.07) is 20.6. The molecule has 0 saturated carbocycles. The van der Waals surface area contributed by atoms with Crippen LogP contribution in [-0.4, -0.2) is 5.91 Å². The van der Waals surface area contributed by atoms with Crippen molar-refractivity contribution in [3.05, 3.63) is 82.4 Å². The lowest BCUT2D eigenvalue weighted by atomic mass is 10.0. The number of hydrogen-bond donors (Lipinski definition) is 1. The number of ether oxygens (including phenoxy) is 1. The Morgan fingerprint density at radius 3 is 2.54 bits per heavy atom. The number of amides is 1. The van der Waals surface area contributed by atoms with Crippen LogP contribution in [0.5, 0.6) is 5.75 Å². The van der Waals surface area contributed by atoms with Gasteiger partial charge in [-0.2, -0.15) is 5.26 Å². The van der Waals surface area contributed by atoms with Gasteiger partial charge in [-0.1, -0.05) is 54.1 Å². The van der Waals surface area contributed by atoms with Crippen LogP contribution in [0.3, 0.4) is 0 Å². The van der Waals surface area contributed by atoms with E-state index in [2.05, 4.69) is 0 Å². The van der Waals surface area contributed by atoms with Crippen LogP contribution in [0.15, 0.2) is 66.2 Å². The molecular formula is C21H15ClN2O2. The fraction of sp³-hybridized carbons (Fsp3) is 0.0476. The van der Waals surface area contributed by atoms with Crippen LogP contribution < -0.4 is 10.5 Å². The Morgan fingerprint density at radius 1 is 1.12 bits per heavy atom. The molecule has 0 aromatic heterocycles. The number of nitrogens with two attached hydrogens (primary N) is 1. The van der Waals surface area contributed by atoms with E-state index < -0.39 is 5.91 Å². The fourth-order valence-electron chi connectivity index (χ4n) is 2.59. The van der Waals surface area contributed by atoms with Crippen LogP contribution in [0.1, 0.15) is 11.1 Å². The van der Waals surface area contributed by atoms with Crippen molar-refractivity contribution < 1.29 is 9.53 Å². The number of carbonyl (C=O) groups is 1. The lowest BCUT2D eigenvalue weighted by Gasteiger charge is -2.12. The molecule has 3 aromatic carbocycles. The first kappa shape index (κ1) is 17.5. The third kappa shape index (κ3) is 3.85. The maximum atomic E-state index is 11.5. The monoisotopic (exact) mass is 362 g/mol. The topological polar surface area (TPSA) is 76.1 Å². The Morgan fingerprint density at radius 2 is 1.85 bits per heavy atom. The van der Waals surface area contributed by atoms with Gasteiger partial charge in [0.15, 0.2) is 0 Å². The Bertz CT molecular complexity index is 1030. The van der Waals surface area contributed by atoms with Crippen molar-refractivity contribution in [3.63, 3.8) is 0 Å². The van der Waals surface area contributed by atoms with Crippen molar-refractivity contribution >= 4 is 34.4 Å². The Hall–Kier alpha value is -3.29. The van der Waals surface area contributed by atoms with E-state index in [4.69, 9.17) is 22.1 Å². The van der Waals surface area contributed by atoms with Crippen molar-refractivity contribution in [2.24, 2.45) is 5.73 Å². The smallest absolute Gasteiger partial charge is 0.259 e. The molecule has 3 rings (SSSR count). The molecule has 5 heteroatoms. The molecule has 0 bridgehead atoms. The number of nitrogens with zero attached hydrogens (tertiary/aromatic N) is 1. The summed E-state index contributed by atoms with van der Waals surface area (Å²) in [7, 11) is 0. The number of nitriles is 1. The SMILES string of the molecule is N#C/C(=C\c1c(OCc2ccc(Cl)cc2)ccc2ccccc12)C(N)=O. The molecule has 0 unspecified atom stereocenters. The molecule has 3 aromatic rings. The number of benzene rings is 3. The van der Waals surface area contributed by atoms with Gasteiger partial charge in [0.05, 0.1) is 0 Å². The van der Waals surface area contributed by atoms with Crippen LogP contribution in [-0.2, 0) is 11.4 Å². The molecule has 0 aliphatic carbocycles. The quantitative estimate of drug-likeness (QED) is 0.537. The maximum Gasteiger partial charge on any atom is 0.259 e. The van der Waals surface area contributed by atoms with E-state index in [9.17, 15) is 10.1 Å². The number of primary amides is 1. The molecule has 2 N–H and O–H groups in total. The summed E-state index contributed by atoms with van der Waals surface area (Å²) < 4.78 is 5.95. The minimum Gasteiger partial charge on any atom is -0.488 e. The predicted molar refractivity (Wildman–Crippen MR) is 103 cm³/mol. The number of rotatable bonds is 5. The molecule has 0 saturated heterocycles. The van der Waals surface area contributed by atoms with Gasteiger partial charge in [0, 0.05) is 10.6 Å². The summed E-state index contributed by atoms with van der Waals surface area (Å²) in [6.45, 7) is 0.328. The van der Waals surface area contributed by atoms with E-state index >= 15 is 0 Å². The normalized spacial score (nSPS) is 11.2. The van der Waals surface area contributed by atoms with E-state index in [0.717, 1.165) is 16.3 Å². The van der Waals surface area contributed by atoms with Crippen molar-refractivity contribution in [3.8, 4) is 11.8 Å². The van der Waals surface area contributed by atoms with E-state index in [1.165, 1.54) is 6.08 Å². The molecule has 0 heterocycles. The van der Waals surface area contributed by atoms with Gasteiger partial charge in [0.1, 0.15) is 24.0 Å². The summed E-state index contributed by atoms with van der Waals surface area (Å²) in [4.78, 5) is 11.5. The first-order valence-corrected chi connectivity index (χ1v) is 8.27. The third-order valence-corrected chi connectivity index (χ3v) is 4.16. The zero-order valence-electron chi connectivity index (χ0n) is 13.8. The van der Waals surface area contributed by atoms with Crippen LogP contribution in [0.2, 0.25) is 5.02 Å². The van der Waals surface area contributed by atoms with E-state index in [0.29, 0.717) is 22.9 Å². The van der Waals surface area contributed by atoms with Gasteiger partial charge < -0.3 is 10.5 Å². The molecule has 128 valence electrons. The van der Waals surface area contributed by atoms with Gasteiger partial charge in [-0.3, -0.25) is 4.79 Å². The van der Waals surface area contributed by atoms with Crippen LogP contribution in [0.4, 0.5) is 0 Å². The lowest BCUT2D eigenvalue weighted by Crippen LogP contribution is -2.12. The highest BCUT2D eigenvalue weighted by atomic mass is 35.5. The standard InChI is InChI=1S/C21H15ClN2O2/c22-17-8-5-14(6-9-17)13-26-20-10-7-15-3-1-2-4-18(15)19(20)11-16(12-23)21(24)25/h1-11H,13H2,(H2,24,25)/b16-11+. The Labute approximate surface area is 156 Å². The molecule has 0 aliphatic heterocycles. The first-order chi connectivity index (χ1) is 12.6. The minimum atomic E-state index is -0.774. The number of hydrogen-bond acceptors (Lipinski definition) is 3. The second-order valence-electron chi connectivity index (χ2n) is 5.65. The first-order valence-electron chi connectivity index (χ1n) is 7.89. The number of carbonyl (C=O) groups excluding carboxylic acids is 1. The van der Waals surface area contributed by atoms with Crippen molar-refractivity contribution in [1.29, 1.82) is 5.26 Å². The molecule has 0 aliphatic rings. The second kappa shape index (κ2) is 7.73. The highest BCUT2D eigenvalue weighted by Gasteiger charge is 2.11. The van der Waals surface area contributed by atoms with Gasteiger partial charge in [-0.25, -0.2) is 0 Å². The average Bonchev–Trinajstić information content (AvgIpc) is 2.65. The summed E-state index contributed by atoms with van der Waals surface area (Å²) in [5.74, 6) is -0.211. The summed E-state index contributed by atoms with van der Waals surface area (Å²) >= 11 is 5.90. The highest BCUT2D eigenvalue weighted by Crippen LogP contribution is 2.31. The van der Waals surface area contributed by atoms with Crippen LogP contribution in [0, 0.1) is 11.3 Å². The van der Waals surface area contributed by atoms with Crippen molar-refractivity contribution in [2.45, 2.75) is 6.61 Å². The van der Waals surface area contributed by atoms with Crippen LogP contribution in [0.25, 0.3) is 16.8 Å². The van der Waals surface area contributed by atoms with Crippen molar-refractivity contribution in [2.75, 3.05) is 0 Å². The van der Waals surface area contributed by atoms with Gasteiger partial charge in [-0.05, 0) is 40.6 Å².